The normalized spacial score (nSPS) is 12.0. The van der Waals surface area contributed by atoms with Crippen molar-refractivity contribution >= 4 is 16.9 Å². The van der Waals surface area contributed by atoms with E-state index < -0.39 is 22.8 Å². The van der Waals surface area contributed by atoms with Crippen molar-refractivity contribution in [3.8, 4) is 22.6 Å². The second kappa shape index (κ2) is 10.0. The first-order valence-corrected chi connectivity index (χ1v) is 11.9. The van der Waals surface area contributed by atoms with Crippen molar-refractivity contribution < 1.29 is 31.9 Å². The maximum absolute atomic E-state index is 13.2. The number of carbonyl (C=O) groups excluding carboxylic acids is 1. The van der Waals surface area contributed by atoms with Gasteiger partial charge in [0.1, 0.15) is 17.1 Å². The van der Waals surface area contributed by atoms with Crippen molar-refractivity contribution in [3.63, 3.8) is 0 Å². The molecular weight excluding hydrogens is 497 g/mol. The first-order valence-electron chi connectivity index (χ1n) is 11.9. The quantitative estimate of drug-likeness (QED) is 0.155. The number of halogens is 3. The Hall–Kier alpha value is -4.07. The van der Waals surface area contributed by atoms with Crippen LogP contribution in [0, 0.1) is 12.3 Å². The highest BCUT2D eigenvalue weighted by molar-refractivity contribution is 5.89. The number of alkyl halides is 3. The summed E-state index contributed by atoms with van der Waals surface area (Å²) in [5.41, 5.74) is 0.854. The molecule has 1 aromatic heterocycles. The number of methoxy groups -OCH3 is 1. The zero-order valence-corrected chi connectivity index (χ0v) is 21.7. The Morgan fingerprint density at radius 3 is 2.13 bits per heavy atom. The molecule has 5 nitrogen and oxygen atoms in total. The molecule has 0 fully saturated rings. The minimum Gasteiger partial charge on any atom is -0.496 e. The summed E-state index contributed by atoms with van der Waals surface area (Å²) in [6.45, 7) is 7.13. The fourth-order valence-electron chi connectivity index (χ4n) is 4.06. The lowest BCUT2D eigenvalue weighted by Crippen LogP contribution is -2.25. The Morgan fingerprint density at radius 1 is 0.947 bits per heavy atom. The number of hydrogen-bond acceptors (Lipinski definition) is 5. The lowest BCUT2D eigenvalue weighted by atomic mass is 9.92. The lowest BCUT2D eigenvalue weighted by molar-refractivity contribution is -0.143. The zero-order chi connectivity index (χ0) is 27.8. The predicted octanol–water partition coefficient (Wildman–Crippen LogP) is 7.34. The van der Waals surface area contributed by atoms with Gasteiger partial charge in [-0.25, -0.2) is 4.79 Å². The maximum atomic E-state index is 13.2. The van der Waals surface area contributed by atoms with Crippen LogP contribution in [0.3, 0.4) is 0 Å². The fourth-order valence-corrected chi connectivity index (χ4v) is 4.06. The molecule has 0 radical (unpaired) electrons. The fraction of sp³-hybridized carbons (Fsp3) is 0.267. The highest BCUT2D eigenvalue weighted by Gasteiger charge is 2.30. The summed E-state index contributed by atoms with van der Waals surface area (Å²) in [4.78, 5) is 25.4. The summed E-state index contributed by atoms with van der Waals surface area (Å²) >= 11 is 0. The van der Waals surface area contributed by atoms with Gasteiger partial charge in [0.15, 0.2) is 0 Å². The molecule has 0 N–H and O–H groups in total. The number of benzene rings is 3. The van der Waals surface area contributed by atoms with E-state index in [4.69, 9.17) is 13.9 Å². The van der Waals surface area contributed by atoms with E-state index in [1.807, 2.05) is 13.0 Å². The summed E-state index contributed by atoms with van der Waals surface area (Å²) in [7, 11) is 1.51. The Balaban J connectivity index is 1.83. The van der Waals surface area contributed by atoms with Gasteiger partial charge >= 0.3 is 17.8 Å². The molecule has 0 saturated heterocycles. The first kappa shape index (κ1) is 27.0. The Kier molecular flexibility index (Phi) is 7.10. The number of ether oxygens (including phenoxy) is 2. The van der Waals surface area contributed by atoms with Crippen LogP contribution in [0.15, 0.2) is 69.9 Å². The second-order valence-corrected chi connectivity index (χ2v) is 10.1. The third-order valence-electron chi connectivity index (χ3n) is 6.16. The molecule has 1 heterocycles. The van der Waals surface area contributed by atoms with Crippen LogP contribution in [0.4, 0.5) is 13.2 Å². The molecule has 4 rings (SSSR count). The van der Waals surface area contributed by atoms with Crippen molar-refractivity contribution in [1.82, 2.24) is 0 Å². The largest absolute Gasteiger partial charge is 0.496 e. The Morgan fingerprint density at radius 2 is 1.58 bits per heavy atom. The van der Waals surface area contributed by atoms with Gasteiger partial charge in [0.05, 0.1) is 23.7 Å². The Bertz CT molecular complexity index is 1540. The van der Waals surface area contributed by atoms with Crippen molar-refractivity contribution in [2.45, 2.75) is 40.3 Å². The number of rotatable bonds is 5. The summed E-state index contributed by atoms with van der Waals surface area (Å²) in [5, 5.41) is 0.640. The van der Waals surface area contributed by atoms with Crippen LogP contribution in [0.5, 0.6) is 11.5 Å². The third-order valence-corrected chi connectivity index (χ3v) is 6.16. The molecule has 0 atom stereocenters. The van der Waals surface area contributed by atoms with E-state index in [2.05, 4.69) is 0 Å². The SMILES string of the molecule is COc1cc2oc(=O)c(-c3ccc(C(F)(F)F)cc3)c(Cc3ccc(OC(=O)C(C)(C)C)cc3)c2cc1C. The summed E-state index contributed by atoms with van der Waals surface area (Å²) in [6.07, 6.45) is -4.22. The molecule has 3 aromatic carbocycles. The molecule has 0 spiro atoms. The summed E-state index contributed by atoms with van der Waals surface area (Å²) in [5.74, 6) is 0.555. The zero-order valence-electron chi connectivity index (χ0n) is 21.7. The van der Waals surface area contributed by atoms with Gasteiger partial charge < -0.3 is 13.9 Å². The Labute approximate surface area is 217 Å². The number of esters is 1. The van der Waals surface area contributed by atoms with Crippen molar-refractivity contribution in [2.24, 2.45) is 5.41 Å². The van der Waals surface area contributed by atoms with E-state index in [1.54, 1.807) is 51.1 Å². The molecular formula is C30H27F3O5. The highest BCUT2D eigenvalue weighted by atomic mass is 19.4. The molecule has 0 amide bonds. The van der Waals surface area contributed by atoms with Gasteiger partial charge in [-0.2, -0.15) is 13.2 Å². The smallest absolute Gasteiger partial charge is 0.416 e. The van der Waals surface area contributed by atoms with E-state index in [0.717, 1.165) is 23.3 Å². The van der Waals surface area contributed by atoms with Gasteiger partial charge in [-0.05, 0) is 86.7 Å². The van der Waals surface area contributed by atoms with E-state index >= 15 is 0 Å². The van der Waals surface area contributed by atoms with Crippen LogP contribution in [0.2, 0.25) is 0 Å². The molecule has 0 aliphatic carbocycles. The van der Waals surface area contributed by atoms with Gasteiger partial charge in [0.25, 0.3) is 0 Å². The minimum atomic E-state index is -4.50. The van der Waals surface area contributed by atoms with Gasteiger partial charge in [-0.15, -0.1) is 0 Å². The summed E-state index contributed by atoms with van der Waals surface area (Å²) < 4.78 is 55.8. The van der Waals surface area contributed by atoms with Gasteiger partial charge in [0.2, 0.25) is 0 Å². The maximum Gasteiger partial charge on any atom is 0.416 e. The number of carbonyl (C=O) groups is 1. The van der Waals surface area contributed by atoms with Crippen molar-refractivity contribution in [2.75, 3.05) is 7.11 Å². The van der Waals surface area contributed by atoms with E-state index in [9.17, 15) is 22.8 Å². The van der Waals surface area contributed by atoms with Crippen molar-refractivity contribution in [1.29, 1.82) is 0 Å². The predicted molar refractivity (Wildman–Crippen MR) is 139 cm³/mol. The van der Waals surface area contributed by atoms with Crippen molar-refractivity contribution in [3.05, 3.63) is 93.3 Å². The molecule has 0 bridgehead atoms. The van der Waals surface area contributed by atoms with E-state index in [-0.39, 0.29) is 18.0 Å². The topological polar surface area (TPSA) is 65.7 Å². The molecule has 0 aliphatic rings. The monoisotopic (exact) mass is 524 g/mol. The molecule has 38 heavy (non-hydrogen) atoms. The number of fused-ring (bicyclic) bond motifs is 1. The van der Waals surface area contributed by atoms with Crippen LogP contribution in [0.25, 0.3) is 22.1 Å². The number of hydrogen-bond donors (Lipinski definition) is 0. The van der Waals surface area contributed by atoms with Crippen LogP contribution < -0.4 is 15.1 Å². The highest BCUT2D eigenvalue weighted by Crippen LogP contribution is 2.35. The lowest BCUT2D eigenvalue weighted by Gasteiger charge is -2.17. The minimum absolute atomic E-state index is 0.180. The van der Waals surface area contributed by atoms with E-state index in [1.165, 1.54) is 19.2 Å². The molecule has 198 valence electrons. The van der Waals surface area contributed by atoms with E-state index in [0.29, 0.717) is 33.6 Å². The molecule has 0 aliphatic heterocycles. The van der Waals surface area contributed by atoms with Gasteiger partial charge in [-0.3, -0.25) is 4.79 Å². The second-order valence-electron chi connectivity index (χ2n) is 10.1. The first-order chi connectivity index (χ1) is 17.8. The van der Waals surface area contributed by atoms with Crippen LogP contribution >= 0.6 is 0 Å². The van der Waals surface area contributed by atoms with Crippen LogP contribution in [-0.4, -0.2) is 13.1 Å². The van der Waals surface area contributed by atoms with Gasteiger partial charge in [0, 0.05) is 11.5 Å². The molecule has 0 saturated carbocycles. The standard InChI is InChI=1S/C30H27F3O5/c1-17-14-22-23(15-18-6-12-21(13-7-18)37-28(35)29(2,3)4)26(27(34)38-25(22)16-24(17)36-5)19-8-10-20(11-9-19)30(31,32)33/h6-14,16H,15H2,1-5H3. The average Bonchev–Trinajstić information content (AvgIpc) is 2.84. The summed E-state index contributed by atoms with van der Waals surface area (Å²) in [6, 6.07) is 14.8. The molecule has 0 unspecified atom stereocenters. The molecule has 8 heteroatoms. The number of aryl methyl sites for hydroxylation is 1. The van der Waals surface area contributed by atoms with Crippen LogP contribution in [0.1, 0.15) is 43.0 Å². The average molecular weight is 525 g/mol. The van der Waals surface area contributed by atoms with Crippen LogP contribution in [-0.2, 0) is 17.4 Å². The molecule has 4 aromatic rings. The van der Waals surface area contributed by atoms with Gasteiger partial charge in [-0.1, -0.05) is 24.3 Å². The third kappa shape index (κ3) is 5.59.